The van der Waals surface area contributed by atoms with Crippen LogP contribution >= 0.6 is 11.3 Å². The van der Waals surface area contributed by atoms with E-state index < -0.39 is 0 Å². The molecule has 1 aliphatic carbocycles. The average Bonchev–Trinajstić information content (AvgIpc) is 3.34. The van der Waals surface area contributed by atoms with Crippen molar-refractivity contribution >= 4 is 28.3 Å². The number of likely N-dealkylation sites (tertiary alicyclic amines) is 1. The summed E-state index contributed by atoms with van der Waals surface area (Å²) in [5, 5.41) is 8.45. The van der Waals surface area contributed by atoms with Crippen LogP contribution in [0.3, 0.4) is 0 Å². The molecule has 0 spiro atoms. The number of aromatic nitrogens is 1. The molecule has 2 amide bonds. The number of amides is 2. The molecule has 1 unspecified atom stereocenters. The molecular formula is C18H28N4O2S. The summed E-state index contributed by atoms with van der Waals surface area (Å²) in [5.41, 5.74) is 1.03. The van der Waals surface area contributed by atoms with Gasteiger partial charge in [-0.1, -0.05) is 6.92 Å². The second-order valence-electron chi connectivity index (χ2n) is 7.34. The summed E-state index contributed by atoms with van der Waals surface area (Å²) in [5.74, 6) is 1.09. The van der Waals surface area contributed by atoms with Gasteiger partial charge in [0.25, 0.3) is 0 Å². The Hall–Kier alpha value is -1.47. The number of thiazole rings is 1. The maximum atomic E-state index is 12.0. The zero-order chi connectivity index (χ0) is 17.6. The molecule has 3 rings (SSSR count). The average molecular weight is 365 g/mol. The van der Waals surface area contributed by atoms with Crippen molar-refractivity contribution in [1.82, 2.24) is 15.2 Å². The minimum Gasteiger partial charge on any atom is -0.356 e. The van der Waals surface area contributed by atoms with E-state index >= 15 is 0 Å². The number of hydrogen-bond donors (Lipinski definition) is 2. The van der Waals surface area contributed by atoms with Gasteiger partial charge in [0.05, 0.1) is 5.69 Å². The van der Waals surface area contributed by atoms with Crippen LogP contribution in [-0.2, 0) is 16.1 Å². The number of rotatable bonds is 8. The Bertz CT molecular complexity index is 600. The lowest BCUT2D eigenvalue weighted by Crippen LogP contribution is -2.33. The molecular weight excluding hydrogens is 336 g/mol. The SMILES string of the molecule is CC1CCCN(Cc2csc(NC(=O)CCCNC(=O)C3CC3)n2)C1. The van der Waals surface area contributed by atoms with Gasteiger partial charge >= 0.3 is 0 Å². The fourth-order valence-corrected chi connectivity index (χ4v) is 3.95. The zero-order valence-corrected chi connectivity index (χ0v) is 15.7. The van der Waals surface area contributed by atoms with Crippen LogP contribution in [-0.4, -0.2) is 41.3 Å². The Balaban J connectivity index is 1.34. The summed E-state index contributed by atoms with van der Waals surface area (Å²) in [6, 6.07) is 0. The first kappa shape index (κ1) is 18.3. The van der Waals surface area contributed by atoms with Gasteiger partial charge < -0.3 is 10.6 Å². The predicted octanol–water partition coefficient (Wildman–Crippen LogP) is 2.62. The summed E-state index contributed by atoms with van der Waals surface area (Å²) < 4.78 is 0. The van der Waals surface area contributed by atoms with Crippen molar-refractivity contribution in [3.63, 3.8) is 0 Å². The highest BCUT2D eigenvalue weighted by molar-refractivity contribution is 7.13. The summed E-state index contributed by atoms with van der Waals surface area (Å²) in [4.78, 5) is 30.5. The van der Waals surface area contributed by atoms with Crippen LogP contribution in [0.25, 0.3) is 0 Å². The van der Waals surface area contributed by atoms with Crippen molar-refractivity contribution < 1.29 is 9.59 Å². The highest BCUT2D eigenvalue weighted by Gasteiger charge is 2.29. The molecule has 2 N–H and O–H groups in total. The van der Waals surface area contributed by atoms with Gasteiger partial charge in [-0.05, 0) is 44.6 Å². The van der Waals surface area contributed by atoms with Gasteiger partial charge in [-0.25, -0.2) is 4.98 Å². The first-order chi connectivity index (χ1) is 12.1. The Labute approximate surface area is 153 Å². The second-order valence-corrected chi connectivity index (χ2v) is 8.20. The van der Waals surface area contributed by atoms with E-state index in [9.17, 15) is 9.59 Å². The van der Waals surface area contributed by atoms with E-state index in [4.69, 9.17) is 0 Å². The highest BCUT2D eigenvalue weighted by Crippen LogP contribution is 2.28. The van der Waals surface area contributed by atoms with Gasteiger partial charge in [0.2, 0.25) is 11.8 Å². The molecule has 1 saturated heterocycles. The maximum absolute atomic E-state index is 12.0. The second kappa shape index (κ2) is 8.76. The first-order valence-corrected chi connectivity index (χ1v) is 10.2. The van der Waals surface area contributed by atoms with E-state index in [2.05, 4.69) is 27.4 Å². The normalized spacial score (nSPS) is 21.1. The molecule has 6 nitrogen and oxygen atoms in total. The minimum atomic E-state index is -0.0341. The zero-order valence-electron chi connectivity index (χ0n) is 14.9. The van der Waals surface area contributed by atoms with Crippen LogP contribution in [0.15, 0.2) is 5.38 Å². The molecule has 0 aromatic carbocycles. The molecule has 0 radical (unpaired) electrons. The van der Waals surface area contributed by atoms with E-state index in [0.717, 1.165) is 44.1 Å². The van der Waals surface area contributed by atoms with Gasteiger partial charge in [-0.3, -0.25) is 14.5 Å². The molecule has 1 atom stereocenters. The predicted molar refractivity (Wildman–Crippen MR) is 99.4 cm³/mol. The monoisotopic (exact) mass is 364 g/mol. The van der Waals surface area contributed by atoms with Crippen LogP contribution < -0.4 is 10.6 Å². The maximum Gasteiger partial charge on any atom is 0.226 e. The Morgan fingerprint density at radius 1 is 1.36 bits per heavy atom. The highest BCUT2D eigenvalue weighted by atomic mass is 32.1. The number of nitrogens with one attached hydrogen (secondary N) is 2. The summed E-state index contributed by atoms with van der Waals surface area (Å²) in [6.45, 7) is 6.00. The summed E-state index contributed by atoms with van der Waals surface area (Å²) in [7, 11) is 0. The van der Waals surface area contributed by atoms with Gasteiger partial charge in [0, 0.05) is 37.4 Å². The van der Waals surface area contributed by atoms with Crippen molar-refractivity contribution in [2.45, 2.75) is 52.0 Å². The smallest absolute Gasteiger partial charge is 0.226 e. The lowest BCUT2D eigenvalue weighted by Gasteiger charge is -2.30. The Kier molecular flexibility index (Phi) is 6.42. The number of anilines is 1. The van der Waals surface area contributed by atoms with E-state index in [1.807, 2.05) is 5.38 Å². The number of piperidine rings is 1. The minimum absolute atomic E-state index is 0.0341. The molecule has 1 aromatic rings. The van der Waals surface area contributed by atoms with E-state index in [1.54, 1.807) is 0 Å². The van der Waals surface area contributed by atoms with Crippen LogP contribution in [0.2, 0.25) is 0 Å². The molecule has 2 aliphatic rings. The van der Waals surface area contributed by atoms with Crippen molar-refractivity contribution in [2.24, 2.45) is 11.8 Å². The standard InChI is InChI=1S/C18H28N4O2S/c1-13-4-3-9-22(10-13)11-15-12-25-18(20-15)21-16(23)5-2-8-19-17(24)14-6-7-14/h12-14H,2-11H2,1H3,(H,19,24)(H,20,21,23). The molecule has 1 aliphatic heterocycles. The first-order valence-electron chi connectivity index (χ1n) is 9.34. The quantitative estimate of drug-likeness (QED) is 0.696. The van der Waals surface area contributed by atoms with Gasteiger partial charge in [0.1, 0.15) is 0 Å². The number of carbonyl (C=O) groups excluding carboxylic acids is 2. The third kappa shape index (κ3) is 6.08. The van der Waals surface area contributed by atoms with E-state index in [1.165, 1.54) is 24.2 Å². The van der Waals surface area contributed by atoms with Crippen LogP contribution in [0, 0.1) is 11.8 Å². The number of nitrogens with zero attached hydrogens (tertiary/aromatic N) is 2. The Morgan fingerprint density at radius 2 is 2.20 bits per heavy atom. The molecule has 7 heteroatoms. The summed E-state index contributed by atoms with van der Waals surface area (Å²) in [6.07, 6.45) is 5.66. The Morgan fingerprint density at radius 3 is 2.96 bits per heavy atom. The molecule has 0 bridgehead atoms. The van der Waals surface area contributed by atoms with Gasteiger partial charge in [-0.2, -0.15) is 0 Å². The lowest BCUT2D eigenvalue weighted by atomic mass is 10.0. The van der Waals surface area contributed by atoms with Crippen molar-refractivity contribution in [1.29, 1.82) is 0 Å². The topological polar surface area (TPSA) is 74.3 Å². The van der Waals surface area contributed by atoms with Crippen LogP contribution in [0.5, 0.6) is 0 Å². The molecule has 25 heavy (non-hydrogen) atoms. The van der Waals surface area contributed by atoms with E-state index in [-0.39, 0.29) is 17.7 Å². The largest absolute Gasteiger partial charge is 0.356 e. The molecule has 1 saturated carbocycles. The van der Waals surface area contributed by atoms with Crippen LogP contribution in [0.1, 0.15) is 51.1 Å². The third-order valence-corrected chi connectivity index (χ3v) is 5.56. The van der Waals surface area contributed by atoms with Gasteiger partial charge in [-0.15, -0.1) is 11.3 Å². The number of carbonyl (C=O) groups is 2. The molecule has 138 valence electrons. The summed E-state index contributed by atoms with van der Waals surface area (Å²) >= 11 is 1.48. The number of hydrogen-bond acceptors (Lipinski definition) is 5. The van der Waals surface area contributed by atoms with E-state index in [0.29, 0.717) is 24.5 Å². The molecule has 2 fully saturated rings. The molecule has 2 heterocycles. The third-order valence-electron chi connectivity index (χ3n) is 4.75. The van der Waals surface area contributed by atoms with Crippen molar-refractivity contribution in [3.05, 3.63) is 11.1 Å². The van der Waals surface area contributed by atoms with Gasteiger partial charge in [0.15, 0.2) is 5.13 Å². The lowest BCUT2D eigenvalue weighted by molar-refractivity contribution is -0.122. The fraction of sp³-hybridized carbons (Fsp3) is 0.722. The molecule has 1 aromatic heterocycles. The fourth-order valence-electron chi connectivity index (χ4n) is 3.23. The van der Waals surface area contributed by atoms with Crippen LogP contribution in [0.4, 0.5) is 5.13 Å². The van der Waals surface area contributed by atoms with Crippen molar-refractivity contribution in [3.8, 4) is 0 Å². The van der Waals surface area contributed by atoms with Crippen molar-refractivity contribution in [2.75, 3.05) is 25.0 Å².